The first-order chi connectivity index (χ1) is 11.9. The molecule has 2 rings (SSSR count). The van der Waals surface area contributed by atoms with Gasteiger partial charge in [0, 0.05) is 5.02 Å². The molecule has 0 amide bonds. The molecule has 0 bridgehead atoms. The van der Waals surface area contributed by atoms with Crippen LogP contribution in [0.15, 0.2) is 24.3 Å². The summed E-state index contributed by atoms with van der Waals surface area (Å²) >= 11 is 5.80. The van der Waals surface area contributed by atoms with E-state index >= 15 is 0 Å². The van der Waals surface area contributed by atoms with E-state index in [-0.39, 0.29) is 0 Å². The minimum atomic E-state index is -1.82. The lowest BCUT2D eigenvalue weighted by Crippen LogP contribution is -2.33. The molecule has 7 heteroatoms. The van der Waals surface area contributed by atoms with Gasteiger partial charge in [-0.15, -0.1) is 0 Å². The number of likely N-dealkylation sites (tertiary alicyclic amines) is 1. The Morgan fingerprint density at radius 1 is 1.16 bits per heavy atom. The van der Waals surface area contributed by atoms with Crippen LogP contribution in [0, 0.1) is 17.8 Å². The second kappa shape index (κ2) is 11.3. The van der Waals surface area contributed by atoms with E-state index in [1.54, 1.807) is 0 Å². The average Bonchev–Trinajstić information content (AvgIpc) is 2.58. The van der Waals surface area contributed by atoms with E-state index in [0.717, 1.165) is 23.2 Å². The van der Waals surface area contributed by atoms with Gasteiger partial charge < -0.3 is 14.9 Å². The summed E-state index contributed by atoms with van der Waals surface area (Å²) in [4.78, 5) is 20.6. The second-order valence-corrected chi connectivity index (χ2v) is 6.10. The van der Waals surface area contributed by atoms with E-state index in [2.05, 4.69) is 23.7 Å². The standard InChI is InChI=1S/C16H20ClNO.C2H2O4/c1-14-8-11-18(12-9-14)10-2-3-13-19-16-6-4-15(17)5-7-16;3-1(4)2(5)6/h4-7,14H,8-13H2,1H3;(H,3,4)(H,5,6). The van der Waals surface area contributed by atoms with Gasteiger partial charge in [0.1, 0.15) is 12.4 Å². The Morgan fingerprint density at radius 3 is 2.24 bits per heavy atom. The minimum Gasteiger partial charge on any atom is -0.481 e. The Bertz CT molecular complexity index is 601. The lowest BCUT2D eigenvalue weighted by Gasteiger charge is -2.28. The fourth-order valence-corrected chi connectivity index (χ4v) is 2.22. The maximum Gasteiger partial charge on any atom is 0.414 e. The Balaban J connectivity index is 0.000000450. The molecule has 1 aromatic rings. The summed E-state index contributed by atoms with van der Waals surface area (Å²) in [5, 5.41) is 15.5. The monoisotopic (exact) mass is 367 g/mol. The van der Waals surface area contributed by atoms with Crippen LogP contribution in [0.2, 0.25) is 5.02 Å². The zero-order valence-electron chi connectivity index (χ0n) is 14.1. The highest BCUT2D eigenvalue weighted by atomic mass is 35.5. The van der Waals surface area contributed by atoms with Crippen molar-refractivity contribution in [3.05, 3.63) is 29.3 Å². The number of hydrogen-bond donors (Lipinski definition) is 2. The van der Waals surface area contributed by atoms with Crippen LogP contribution >= 0.6 is 11.6 Å². The van der Waals surface area contributed by atoms with Gasteiger partial charge in [0.15, 0.2) is 0 Å². The van der Waals surface area contributed by atoms with Crippen LogP contribution in [0.25, 0.3) is 0 Å². The van der Waals surface area contributed by atoms with Crippen molar-refractivity contribution < 1.29 is 24.5 Å². The normalized spacial score (nSPS) is 14.5. The molecule has 1 heterocycles. The minimum absolute atomic E-state index is 0.436. The largest absolute Gasteiger partial charge is 0.481 e. The first-order valence-electron chi connectivity index (χ1n) is 7.91. The Kier molecular flexibility index (Phi) is 9.45. The molecule has 0 radical (unpaired) electrons. The molecule has 2 N–H and O–H groups in total. The van der Waals surface area contributed by atoms with Crippen LogP contribution in [0.4, 0.5) is 0 Å². The molecular weight excluding hydrogens is 346 g/mol. The van der Waals surface area contributed by atoms with Crippen LogP contribution in [0.5, 0.6) is 5.75 Å². The number of aliphatic carboxylic acids is 2. The van der Waals surface area contributed by atoms with Crippen molar-refractivity contribution in [1.29, 1.82) is 0 Å². The first kappa shape index (κ1) is 20.8. The topological polar surface area (TPSA) is 87.1 Å². The summed E-state index contributed by atoms with van der Waals surface area (Å²) in [5.41, 5.74) is 0. The van der Waals surface area contributed by atoms with Gasteiger partial charge in [0.25, 0.3) is 0 Å². The van der Waals surface area contributed by atoms with E-state index in [1.165, 1.54) is 25.9 Å². The van der Waals surface area contributed by atoms with Crippen molar-refractivity contribution in [1.82, 2.24) is 4.90 Å². The van der Waals surface area contributed by atoms with Crippen molar-refractivity contribution >= 4 is 23.5 Å². The Labute approximate surface area is 152 Å². The summed E-state index contributed by atoms with van der Waals surface area (Å²) in [6, 6.07) is 7.35. The predicted molar refractivity (Wildman–Crippen MR) is 94.8 cm³/mol. The molecule has 0 saturated carbocycles. The van der Waals surface area contributed by atoms with Gasteiger partial charge in [0.05, 0.1) is 6.54 Å². The van der Waals surface area contributed by atoms with Crippen LogP contribution in [-0.2, 0) is 9.59 Å². The van der Waals surface area contributed by atoms with Crippen LogP contribution in [0.3, 0.4) is 0 Å². The molecule has 1 fully saturated rings. The molecule has 25 heavy (non-hydrogen) atoms. The van der Waals surface area contributed by atoms with Crippen molar-refractivity contribution in [2.75, 3.05) is 26.2 Å². The second-order valence-electron chi connectivity index (χ2n) is 5.67. The molecule has 0 unspecified atom stereocenters. The van der Waals surface area contributed by atoms with E-state index in [1.807, 2.05) is 24.3 Å². The number of carbonyl (C=O) groups is 2. The summed E-state index contributed by atoms with van der Waals surface area (Å²) < 4.78 is 5.52. The third-order valence-electron chi connectivity index (χ3n) is 3.61. The van der Waals surface area contributed by atoms with E-state index in [0.29, 0.717) is 6.61 Å². The highest BCUT2D eigenvalue weighted by Crippen LogP contribution is 2.16. The first-order valence-corrected chi connectivity index (χ1v) is 8.29. The van der Waals surface area contributed by atoms with E-state index < -0.39 is 11.9 Å². The molecule has 0 aromatic heterocycles. The van der Waals surface area contributed by atoms with Crippen LogP contribution < -0.4 is 4.74 Å². The van der Waals surface area contributed by atoms with E-state index in [4.69, 9.17) is 36.1 Å². The molecule has 136 valence electrons. The number of carboxylic acid groups (broad SMARTS) is 2. The maximum atomic E-state index is 9.10. The summed E-state index contributed by atoms with van der Waals surface area (Å²) in [5.74, 6) is 4.27. The molecule has 1 aliphatic rings. The fourth-order valence-electron chi connectivity index (χ4n) is 2.09. The Morgan fingerprint density at radius 2 is 1.72 bits per heavy atom. The third-order valence-corrected chi connectivity index (χ3v) is 3.86. The lowest BCUT2D eigenvalue weighted by molar-refractivity contribution is -0.159. The number of benzene rings is 1. The fraction of sp³-hybridized carbons (Fsp3) is 0.444. The SMILES string of the molecule is CC1CCN(CC#CCOc2ccc(Cl)cc2)CC1.O=C(O)C(=O)O. The number of nitrogens with zero attached hydrogens (tertiary/aromatic N) is 1. The molecule has 0 aliphatic carbocycles. The number of piperidine rings is 1. The van der Waals surface area contributed by atoms with E-state index in [9.17, 15) is 0 Å². The number of ether oxygens (including phenoxy) is 1. The van der Waals surface area contributed by atoms with Gasteiger partial charge in [-0.1, -0.05) is 30.4 Å². The molecule has 0 atom stereocenters. The molecule has 0 spiro atoms. The zero-order valence-corrected chi connectivity index (χ0v) is 14.8. The molecule has 1 aliphatic heterocycles. The van der Waals surface area contributed by atoms with Crippen molar-refractivity contribution in [2.45, 2.75) is 19.8 Å². The number of carboxylic acids is 2. The highest BCUT2D eigenvalue weighted by molar-refractivity contribution is 6.30. The summed E-state index contributed by atoms with van der Waals surface area (Å²) in [6.45, 7) is 5.97. The van der Waals surface area contributed by atoms with Crippen molar-refractivity contribution in [3.8, 4) is 17.6 Å². The molecular formula is C18H22ClNO5. The third kappa shape index (κ3) is 9.60. The molecule has 1 saturated heterocycles. The van der Waals surface area contributed by atoms with Gasteiger partial charge in [-0.3, -0.25) is 4.90 Å². The number of hydrogen-bond acceptors (Lipinski definition) is 4. The number of halogens is 1. The lowest BCUT2D eigenvalue weighted by atomic mass is 9.99. The number of rotatable bonds is 3. The molecule has 1 aromatic carbocycles. The van der Waals surface area contributed by atoms with Crippen molar-refractivity contribution in [3.63, 3.8) is 0 Å². The molecule has 6 nitrogen and oxygen atoms in total. The summed E-state index contributed by atoms with van der Waals surface area (Å²) in [7, 11) is 0. The van der Waals surface area contributed by atoms with Gasteiger partial charge >= 0.3 is 11.9 Å². The Hall–Kier alpha value is -2.23. The van der Waals surface area contributed by atoms with Crippen LogP contribution in [0.1, 0.15) is 19.8 Å². The van der Waals surface area contributed by atoms with Gasteiger partial charge in [-0.25, -0.2) is 9.59 Å². The van der Waals surface area contributed by atoms with Gasteiger partial charge in [-0.05, 0) is 56.1 Å². The summed E-state index contributed by atoms with van der Waals surface area (Å²) in [6.07, 6.45) is 2.59. The van der Waals surface area contributed by atoms with Gasteiger partial charge in [-0.2, -0.15) is 0 Å². The smallest absolute Gasteiger partial charge is 0.414 e. The maximum absolute atomic E-state index is 9.10. The zero-order chi connectivity index (χ0) is 18.7. The van der Waals surface area contributed by atoms with Crippen LogP contribution in [-0.4, -0.2) is 53.3 Å². The van der Waals surface area contributed by atoms with Gasteiger partial charge in [0.2, 0.25) is 0 Å². The predicted octanol–water partition coefficient (Wildman–Crippen LogP) is 2.61. The highest BCUT2D eigenvalue weighted by Gasteiger charge is 2.13. The average molecular weight is 368 g/mol. The van der Waals surface area contributed by atoms with Crippen molar-refractivity contribution in [2.24, 2.45) is 5.92 Å². The quantitative estimate of drug-likeness (QED) is 0.630.